The minimum Gasteiger partial charge on any atom is -0.161 e. The molecule has 0 saturated carbocycles. The highest BCUT2D eigenvalue weighted by molar-refractivity contribution is 7.99. The molecule has 0 atom stereocenters. The lowest BCUT2D eigenvalue weighted by Crippen LogP contribution is -1.80. The van der Waals surface area contributed by atoms with Crippen LogP contribution >= 0.6 is 11.8 Å². The Labute approximate surface area is 132 Å². The molecule has 0 heterocycles. The molecule has 0 aliphatic heterocycles. The third-order valence-corrected chi connectivity index (χ3v) is 4.13. The highest BCUT2D eigenvalue weighted by Crippen LogP contribution is 2.09. The van der Waals surface area contributed by atoms with Crippen LogP contribution in [0.1, 0.15) is 24.0 Å². The first-order valence-corrected chi connectivity index (χ1v) is 8.61. The van der Waals surface area contributed by atoms with Crippen LogP contribution in [0.3, 0.4) is 0 Å². The van der Waals surface area contributed by atoms with E-state index in [0.717, 1.165) is 12.8 Å². The Bertz CT molecular complexity index is 489. The van der Waals surface area contributed by atoms with E-state index in [1.165, 1.54) is 22.6 Å². The Balaban J connectivity index is 1.52. The predicted molar refractivity (Wildman–Crippen MR) is 97.5 cm³/mol. The molecule has 108 valence electrons. The van der Waals surface area contributed by atoms with Gasteiger partial charge in [0.1, 0.15) is 0 Å². The van der Waals surface area contributed by atoms with Gasteiger partial charge in [-0.05, 0) is 35.5 Å². The molecule has 2 aromatic rings. The zero-order chi connectivity index (χ0) is 14.6. The molecular formula is C20H22S. The quantitative estimate of drug-likeness (QED) is 0.544. The molecule has 2 rings (SSSR count). The van der Waals surface area contributed by atoms with Crippen molar-refractivity contribution in [3.8, 4) is 0 Å². The summed E-state index contributed by atoms with van der Waals surface area (Å²) in [6.45, 7) is 0. The van der Waals surface area contributed by atoms with Gasteiger partial charge in [-0.3, -0.25) is 0 Å². The lowest BCUT2D eigenvalue weighted by Gasteiger charge is -1.96. The highest BCUT2D eigenvalue weighted by Gasteiger charge is 1.88. The standard InChI is InChI=1S/C20H22S/c1-3-11-19(12-4-1)15-7-9-17-21-18-10-8-16-20-13-5-2-6-14-20/h1-8,11-16H,9-10,17-18H2/b15-7+,16-8+. The Morgan fingerprint density at radius 2 is 1.05 bits per heavy atom. The maximum Gasteiger partial charge on any atom is -0.00327 e. The Hall–Kier alpha value is -1.73. The average Bonchev–Trinajstić information content (AvgIpc) is 2.55. The van der Waals surface area contributed by atoms with E-state index in [9.17, 15) is 0 Å². The molecule has 1 heteroatoms. The topological polar surface area (TPSA) is 0 Å². The van der Waals surface area contributed by atoms with E-state index in [1.54, 1.807) is 0 Å². The van der Waals surface area contributed by atoms with Gasteiger partial charge in [0.2, 0.25) is 0 Å². The second-order valence-corrected chi connectivity index (χ2v) is 6.04. The van der Waals surface area contributed by atoms with Crippen molar-refractivity contribution >= 4 is 23.9 Å². The maximum atomic E-state index is 2.27. The summed E-state index contributed by atoms with van der Waals surface area (Å²) in [7, 11) is 0. The minimum absolute atomic E-state index is 1.14. The van der Waals surface area contributed by atoms with Crippen LogP contribution in [0.2, 0.25) is 0 Å². The molecule has 0 aliphatic carbocycles. The first-order chi connectivity index (χ1) is 10.4. The molecule has 2 aromatic carbocycles. The second-order valence-electron chi connectivity index (χ2n) is 4.82. The molecule has 0 saturated heterocycles. The first-order valence-electron chi connectivity index (χ1n) is 7.46. The minimum atomic E-state index is 1.14. The van der Waals surface area contributed by atoms with E-state index in [4.69, 9.17) is 0 Å². The van der Waals surface area contributed by atoms with Crippen LogP contribution in [0.4, 0.5) is 0 Å². The summed E-state index contributed by atoms with van der Waals surface area (Å²) >= 11 is 2.02. The van der Waals surface area contributed by atoms with Gasteiger partial charge in [0, 0.05) is 0 Å². The number of hydrogen-bond donors (Lipinski definition) is 0. The number of thioether (sulfide) groups is 1. The van der Waals surface area contributed by atoms with Gasteiger partial charge >= 0.3 is 0 Å². The van der Waals surface area contributed by atoms with Crippen LogP contribution < -0.4 is 0 Å². The predicted octanol–water partition coefficient (Wildman–Crippen LogP) is 5.93. The van der Waals surface area contributed by atoms with Crippen molar-refractivity contribution in [1.82, 2.24) is 0 Å². The summed E-state index contributed by atoms with van der Waals surface area (Å²) in [5.74, 6) is 2.39. The van der Waals surface area contributed by atoms with Crippen molar-refractivity contribution in [2.75, 3.05) is 11.5 Å². The average molecular weight is 294 g/mol. The monoisotopic (exact) mass is 294 g/mol. The third kappa shape index (κ3) is 7.01. The fraction of sp³-hybridized carbons (Fsp3) is 0.200. The van der Waals surface area contributed by atoms with Gasteiger partial charge in [-0.25, -0.2) is 0 Å². The summed E-state index contributed by atoms with van der Waals surface area (Å²) in [6, 6.07) is 21.0. The fourth-order valence-corrected chi connectivity index (χ4v) is 2.78. The third-order valence-electron chi connectivity index (χ3n) is 3.08. The van der Waals surface area contributed by atoms with Crippen molar-refractivity contribution < 1.29 is 0 Å². The van der Waals surface area contributed by atoms with E-state index in [-0.39, 0.29) is 0 Å². The van der Waals surface area contributed by atoms with Crippen molar-refractivity contribution in [1.29, 1.82) is 0 Å². The van der Waals surface area contributed by atoms with Crippen LogP contribution in [0.15, 0.2) is 72.8 Å². The van der Waals surface area contributed by atoms with Gasteiger partial charge in [0.15, 0.2) is 0 Å². The van der Waals surface area contributed by atoms with Crippen molar-refractivity contribution in [3.63, 3.8) is 0 Å². The van der Waals surface area contributed by atoms with Crippen LogP contribution in [-0.4, -0.2) is 11.5 Å². The Morgan fingerprint density at radius 3 is 1.48 bits per heavy atom. The summed E-state index contributed by atoms with van der Waals surface area (Å²) in [5, 5.41) is 0. The zero-order valence-corrected chi connectivity index (χ0v) is 13.1. The summed E-state index contributed by atoms with van der Waals surface area (Å²) in [5.41, 5.74) is 2.57. The summed E-state index contributed by atoms with van der Waals surface area (Å²) < 4.78 is 0. The van der Waals surface area contributed by atoms with Gasteiger partial charge < -0.3 is 0 Å². The number of benzene rings is 2. The van der Waals surface area contributed by atoms with E-state index in [0.29, 0.717) is 0 Å². The van der Waals surface area contributed by atoms with Crippen molar-refractivity contribution in [2.45, 2.75) is 12.8 Å². The highest BCUT2D eigenvalue weighted by atomic mass is 32.2. The molecule has 0 radical (unpaired) electrons. The molecule has 0 unspecified atom stereocenters. The SMILES string of the molecule is C(=C\c1ccccc1)/CCSCC/C=C/c1ccccc1. The Morgan fingerprint density at radius 1 is 0.619 bits per heavy atom. The van der Waals surface area contributed by atoms with Gasteiger partial charge in [0.05, 0.1) is 0 Å². The van der Waals surface area contributed by atoms with Crippen LogP contribution in [-0.2, 0) is 0 Å². The lowest BCUT2D eigenvalue weighted by molar-refractivity contribution is 1.21. The molecule has 0 fully saturated rings. The van der Waals surface area contributed by atoms with Crippen LogP contribution in [0.5, 0.6) is 0 Å². The smallest absolute Gasteiger partial charge is 0.00327 e. The molecule has 21 heavy (non-hydrogen) atoms. The van der Waals surface area contributed by atoms with Gasteiger partial charge in [-0.15, -0.1) is 0 Å². The maximum absolute atomic E-state index is 2.27. The molecule has 0 N–H and O–H groups in total. The van der Waals surface area contributed by atoms with Gasteiger partial charge in [0.25, 0.3) is 0 Å². The number of rotatable bonds is 8. The van der Waals surface area contributed by atoms with E-state index < -0.39 is 0 Å². The molecule has 0 amide bonds. The fourth-order valence-electron chi connectivity index (χ4n) is 1.97. The van der Waals surface area contributed by atoms with Gasteiger partial charge in [-0.1, -0.05) is 85.0 Å². The molecule has 0 nitrogen and oxygen atoms in total. The molecule has 0 aliphatic rings. The van der Waals surface area contributed by atoms with Gasteiger partial charge in [-0.2, -0.15) is 11.8 Å². The van der Waals surface area contributed by atoms with Crippen molar-refractivity contribution in [3.05, 3.63) is 83.9 Å². The largest absolute Gasteiger partial charge is 0.161 e. The van der Waals surface area contributed by atoms with Crippen molar-refractivity contribution in [2.24, 2.45) is 0 Å². The molecular weight excluding hydrogens is 272 g/mol. The zero-order valence-electron chi connectivity index (χ0n) is 12.3. The number of hydrogen-bond acceptors (Lipinski definition) is 1. The first kappa shape index (κ1) is 15.7. The summed E-state index contributed by atoms with van der Waals surface area (Å²) in [6.07, 6.45) is 11.2. The lowest BCUT2D eigenvalue weighted by atomic mass is 10.2. The van der Waals surface area contributed by atoms with E-state index in [2.05, 4.69) is 85.0 Å². The second kappa shape index (κ2) is 10.1. The van der Waals surface area contributed by atoms with Crippen LogP contribution in [0, 0.1) is 0 Å². The Kier molecular flexibility index (Phi) is 7.50. The molecule has 0 aromatic heterocycles. The van der Waals surface area contributed by atoms with E-state index in [1.807, 2.05) is 11.8 Å². The molecule has 0 bridgehead atoms. The molecule has 0 spiro atoms. The number of allylic oxidation sites excluding steroid dienone is 2. The van der Waals surface area contributed by atoms with E-state index >= 15 is 0 Å². The summed E-state index contributed by atoms with van der Waals surface area (Å²) in [4.78, 5) is 0. The normalized spacial score (nSPS) is 11.4. The van der Waals surface area contributed by atoms with Crippen LogP contribution in [0.25, 0.3) is 12.2 Å².